The Morgan fingerprint density at radius 1 is 1.19 bits per heavy atom. The maximum Gasteiger partial charge on any atom is 0.332 e. The second-order valence-electron chi connectivity index (χ2n) is 4.82. The number of pyridine rings is 2. The molecule has 0 fully saturated rings. The first-order chi connectivity index (χ1) is 10.3. The van der Waals surface area contributed by atoms with Crippen molar-refractivity contribution in [1.82, 2.24) is 9.38 Å². The third kappa shape index (κ3) is 1.67. The molecule has 4 rings (SSSR count). The number of aromatic nitrogens is 2. The Hall–Kier alpha value is -2.95. The molecular formula is C16H11N3O2. The Bertz CT molecular complexity index is 1040. The predicted molar refractivity (Wildman–Crippen MR) is 78.7 cm³/mol. The molecule has 3 aromatic heterocycles. The van der Waals surface area contributed by atoms with E-state index in [0.717, 1.165) is 27.3 Å². The number of benzene rings is 1. The molecule has 5 heteroatoms. The highest BCUT2D eigenvalue weighted by molar-refractivity contribution is 6.08. The third-order valence-electron chi connectivity index (χ3n) is 3.51. The van der Waals surface area contributed by atoms with Gasteiger partial charge in [-0.05, 0) is 29.7 Å². The van der Waals surface area contributed by atoms with E-state index in [1.54, 1.807) is 6.20 Å². The lowest BCUT2D eigenvalue weighted by atomic mass is 10.1. The van der Waals surface area contributed by atoms with Gasteiger partial charge in [-0.15, -0.1) is 0 Å². The van der Waals surface area contributed by atoms with Crippen LogP contribution in [0.25, 0.3) is 27.3 Å². The van der Waals surface area contributed by atoms with Crippen molar-refractivity contribution in [3.63, 3.8) is 0 Å². The van der Waals surface area contributed by atoms with E-state index in [2.05, 4.69) is 10.1 Å². The highest BCUT2D eigenvalue weighted by Crippen LogP contribution is 2.24. The molecule has 102 valence electrons. The van der Waals surface area contributed by atoms with Crippen molar-refractivity contribution in [2.24, 2.45) is 5.16 Å². The average molecular weight is 277 g/mol. The van der Waals surface area contributed by atoms with E-state index in [-0.39, 0.29) is 0 Å². The fourth-order valence-corrected chi connectivity index (χ4v) is 2.70. The zero-order chi connectivity index (χ0) is 14.4. The fourth-order valence-electron chi connectivity index (χ4n) is 2.70. The molecule has 0 aliphatic carbocycles. The molecule has 1 aromatic carbocycles. The summed E-state index contributed by atoms with van der Waals surface area (Å²) in [6.07, 6.45) is 3.70. The molecule has 3 heterocycles. The molecular weight excluding hydrogens is 266 g/mol. The van der Waals surface area contributed by atoms with Crippen molar-refractivity contribution in [2.75, 3.05) is 0 Å². The molecule has 5 nitrogen and oxygen atoms in total. The molecule has 0 atom stereocenters. The molecule has 0 aliphatic rings. The van der Waals surface area contributed by atoms with Crippen LogP contribution < -0.4 is 5.36 Å². The Kier molecular flexibility index (Phi) is 2.41. The van der Waals surface area contributed by atoms with Gasteiger partial charge in [-0.2, -0.15) is 0 Å². The van der Waals surface area contributed by atoms with Gasteiger partial charge in [0.1, 0.15) is 5.52 Å². The molecule has 0 N–H and O–H groups in total. The number of fused-ring (bicyclic) bond motifs is 2. The number of rotatable bonds is 1. The van der Waals surface area contributed by atoms with Crippen LogP contribution in [0.2, 0.25) is 0 Å². The quantitative estimate of drug-likeness (QED) is 0.396. The largest absolute Gasteiger partial charge is 0.332 e. The molecule has 0 saturated heterocycles. The Morgan fingerprint density at radius 3 is 2.90 bits per heavy atom. The minimum Gasteiger partial charge on any atom is -0.318 e. The lowest BCUT2D eigenvalue weighted by Crippen LogP contribution is -2.12. The Morgan fingerprint density at radius 2 is 2.05 bits per heavy atom. The van der Waals surface area contributed by atoms with Crippen molar-refractivity contribution in [3.8, 4) is 0 Å². The van der Waals surface area contributed by atoms with Gasteiger partial charge in [-0.25, -0.2) is 4.79 Å². The second kappa shape index (κ2) is 4.28. The summed E-state index contributed by atoms with van der Waals surface area (Å²) in [5.74, 6) is -0.452. The highest BCUT2D eigenvalue weighted by Gasteiger charge is 2.11. The topological polar surface area (TPSA) is 56.0 Å². The number of hydrogen-bond acceptors (Lipinski definition) is 4. The van der Waals surface area contributed by atoms with E-state index in [1.807, 2.05) is 47.0 Å². The molecule has 0 aliphatic heterocycles. The number of carbonyl (C=O) groups is 1. The Balaban J connectivity index is 2.30. The summed E-state index contributed by atoms with van der Waals surface area (Å²) in [5, 5.41) is 6.66. The second-order valence-corrected chi connectivity index (χ2v) is 4.82. The van der Waals surface area contributed by atoms with Gasteiger partial charge >= 0.3 is 5.97 Å². The predicted octanol–water partition coefficient (Wildman–Crippen LogP) is 2.46. The molecule has 0 bridgehead atoms. The first-order valence-corrected chi connectivity index (χ1v) is 6.57. The number of nitrogens with zero attached hydrogens (tertiary/aromatic N) is 3. The standard InChI is InChI=1S/C16H11N3O2/c1-10(20)21-18-15-13-6-3-9-19(13)12-5-2-4-11-7-8-17-16(15)14(11)12/h2-9H,1H3/b18-15+. The first kappa shape index (κ1) is 11.8. The van der Waals surface area contributed by atoms with Crippen molar-refractivity contribution in [1.29, 1.82) is 0 Å². The minimum atomic E-state index is -0.452. The van der Waals surface area contributed by atoms with Gasteiger partial charge in [0.05, 0.1) is 11.0 Å². The van der Waals surface area contributed by atoms with E-state index in [4.69, 9.17) is 4.84 Å². The number of carbonyl (C=O) groups excluding carboxylic acids is 1. The van der Waals surface area contributed by atoms with Crippen molar-refractivity contribution >= 4 is 33.3 Å². The van der Waals surface area contributed by atoms with Crippen LogP contribution in [0.4, 0.5) is 0 Å². The van der Waals surface area contributed by atoms with Crippen molar-refractivity contribution in [3.05, 3.63) is 54.1 Å². The van der Waals surface area contributed by atoms with Crippen LogP contribution in [0.3, 0.4) is 0 Å². The normalized spacial score (nSPS) is 12.5. The van der Waals surface area contributed by atoms with Gasteiger partial charge in [-0.1, -0.05) is 17.3 Å². The van der Waals surface area contributed by atoms with Crippen LogP contribution in [-0.2, 0) is 9.63 Å². The molecule has 0 amide bonds. The molecule has 21 heavy (non-hydrogen) atoms. The van der Waals surface area contributed by atoms with Crippen LogP contribution in [0.5, 0.6) is 0 Å². The molecule has 0 radical (unpaired) electrons. The third-order valence-corrected chi connectivity index (χ3v) is 3.51. The number of hydrogen-bond donors (Lipinski definition) is 0. The van der Waals surface area contributed by atoms with E-state index in [1.165, 1.54) is 6.92 Å². The maximum absolute atomic E-state index is 11.1. The summed E-state index contributed by atoms with van der Waals surface area (Å²) in [6.45, 7) is 1.33. The summed E-state index contributed by atoms with van der Waals surface area (Å²) < 4.78 is 2.03. The average Bonchev–Trinajstić information content (AvgIpc) is 2.96. The summed E-state index contributed by atoms with van der Waals surface area (Å²) >= 11 is 0. The van der Waals surface area contributed by atoms with Crippen LogP contribution in [0, 0.1) is 0 Å². The monoisotopic (exact) mass is 277 g/mol. The van der Waals surface area contributed by atoms with Crippen LogP contribution in [0.15, 0.2) is 53.9 Å². The first-order valence-electron chi connectivity index (χ1n) is 6.57. The summed E-state index contributed by atoms with van der Waals surface area (Å²) in [7, 11) is 0. The van der Waals surface area contributed by atoms with Crippen LogP contribution >= 0.6 is 0 Å². The van der Waals surface area contributed by atoms with E-state index >= 15 is 0 Å². The lowest BCUT2D eigenvalue weighted by Gasteiger charge is -2.08. The minimum absolute atomic E-state index is 0.452. The zero-order valence-corrected chi connectivity index (χ0v) is 11.3. The molecule has 4 aromatic rings. The molecule has 0 spiro atoms. The maximum atomic E-state index is 11.1. The smallest absolute Gasteiger partial charge is 0.318 e. The van der Waals surface area contributed by atoms with E-state index in [9.17, 15) is 4.79 Å². The van der Waals surface area contributed by atoms with E-state index in [0.29, 0.717) is 5.36 Å². The summed E-state index contributed by atoms with van der Waals surface area (Å²) in [6, 6.07) is 11.9. The lowest BCUT2D eigenvalue weighted by molar-refractivity contribution is -0.141. The zero-order valence-electron chi connectivity index (χ0n) is 11.3. The van der Waals surface area contributed by atoms with E-state index < -0.39 is 5.97 Å². The van der Waals surface area contributed by atoms with Gasteiger partial charge in [-0.3, -0.25) is 4.98 Å². The van der Waals surface area contributed by atoms with Crippen LogP contribution in [-0.4, -0.2) is 15.4 Å². The van der Waals surface area contributed by atoms with Gasteiger partial charge in [0, 0.05) is 24.7 Å². The van der Waals surface area contributed by atoms with Gasteiger partial charge in [0.2, 0.25) is 0 Å². The SMILES string of the molecule is CC(=O)O/N=c1/c2nccc3cccc(c32)n2cccc12. The van der Waals surface area contributed by atoms with Gasteiger partial charge in [0.25, 0.3) is 0 Å². The summed E-state index contributed by atoms with van der Waals surface area (Å²) in [4.78, 5) is 20.4. The van der Waals surface area contributed by atoms with Crippen molar-refractivity contribution in [2.45, 2.75) is 6.92 Å². The van der Waals surface area contributed by atoms with Crippen molar-refractivity contribution < 1.29 is 9.63 Å². The fraction of sp³-hybridized carbons (Fsp3) is 0.0625. The molecule has 0 saturated carbocycles. The molecule has 0 unspecified atom stereocenters. The van der Waals surface area contributed by atoms with Gasteiger partial charge < -0.3 is 9.24 Å². The highest BCUT2D eigenvalue weighted by atomic mass is 16.7. The van der Waals surface area contributed by atoms with Gasteiger partial charge in [0.15, 0.2) is 5.36 Å². The Labute approximate surface area is 119 Å². The summed E-state index contributed by atoms with van der Waals surface area (Å²) in [5.41, 5.74) is 2.64. The van der Waals surface area contributed by atoms with Crippen LogP contribution in [0.1, 0.15) is 6.92 Å².